The molecule has 1 aliphatic rings. The number of rotatable bonds is 4. The Morgan fingerprint density at radius 3 is 3.05 bits per heavy atom. The van der Waals surface area contributed by atoms with E-state index < -0.39 is 18.0 Å². The van der Waals surface area contributed by atoms with Gasteiger partial charge in [0, 0.05) is 12.3 Å². The number of hydrogen-bond donors (Lipinski definition) is 1. The Hall–Kier alpha value is -2.39. The second-order valence-electron chi connectivity index (χ2n) is 4.35. The van der Waals surface area contributed by atoms with Gasteiger partial charge in [0.2, 0.25) is 0 Å². The van der Waals surface area contributed by atoms with Crippen molar-refractivity contribution >= 4 is 17.6 Å². The molecule has 6 heteroatoms. The van der Waals surface area contributed by atoms with Gasteiger partial charge in [-0.1, -0.05) is 6.07 Å². The summed E-state index contributed by atoms with van der Waals surface area (Å²) < 4.78 is 10.0. The summed E-state index contributed by atoms with van der Waals surface area (Å²) >= 11 is 0. The van der Waals surface area contributed by atoms with Crippen LogP contribution < -0.4 is 5.32 Å². The number of benzene rings is 1. The monoisotopic (exact) mass is 274 g/mol. The number of nitrogens with zero attached hydrogens (tertiary/aromatic N) is 1. The highest BCUT2D eigenvalue weighted by Gasteiger charge is 2.25. The molecule has 2 rings (SSSR count). The van der Waals surface area contributed by atoms with Crippen molar-refractivity contribution in [2.75, 3.05) is 18.5 Å². The standard InChI is InChI=1S/C14H14N2O4/c15-8-10-3-1-4-11(7-10)16-13(17)9-20-14(18)12-5-2-6-19-12/h1,3-4,7,12H,2,5-6,9H2,(H,16,17)/t12-/m1/s1. The molecule has 0 radical (unpaired) electrons. The predicted octanol–water partition coefficient (Wildman–Crippen LogP) is 1.22. The van der Waals surface area contributed by atoms with Gasteiger partial charge < -0.3 is 14.8 Å². The molecular formula is C14H14N2O4. The van der Waals surface area contributed by atoms with E-state index in [1.807, 2.05) is 6.07 Å². The van der Waals surface area contributed by atoms with Gasteiger partial charge in [-0.2, -0.15) is 5.26 Å². The lowest BCUT2D eigenvalue weighted by Crippen LogP contribution is -2.27. The molecule has 1 fully saturated rings. The lowest BCUT2D eigenvalue weighted by Gasteiger charge is -2.10. The van der Waals surface area contributed by atoms with Crippen LogP contribution in [0, 0.1) is 11.3 Å². The van der Waals surface area contributed by atoms with Crippen LogP contribution in [0.3, 0.4) is 0 Å². The Labute approximate surface area is 116 Å². The molecule has 1 amide bonds. The van der Waals surface area contributed by atoms with E-state index in [1.54, 1.807) is 24.3 Å². The molecule has 1 N–H and O–H groups in total. The second kappa shape index (κ2) is 6.68. The van der Waals surface area contributed by atoms with Crippen LogP contribution in [0.1, 0.15) is 18.4 Å². The molecule has 20 heavy (non-hydrogen) atoms. The van der Waals surface area contributed by atoms with Gasteiger partial charge in [-0.25, -0.2) is 4.79 Å². The Kier molecular flexibility index (Phi) is 4.69. The van der Waals surface area contributed by atoms with Gasteiger partial charge in [-0.3, -0.25) is 4.79 Å². The summed E-state index contributed by atoms with van der Waals surface area (Å²) in [6.45, 7) is 0.183. The fourth-order valence-electron chi connectivity index (χ4n) is 1.86. The van der Waals surface area contributed by atoms with Crippen molar-refractivity contribution in [3.63, 3.8) is 0 Å². The Morgan fingerprint density at radius 2 is 2.35 bits per heavy atom. The summed E-state index contributed by atoms with van der Waals surface area (Å²) in [7, 11) is 0. The Bertz CT molecular complexity index is 544. The van der Waals surface area contributed by atoms with Crippen molar-refractivity contribution in [1.29, 1.82) is 5.26 Å². The van der Waals surface area contributed by atoms with Crippen LogP contribution in [0.15, 0.2) is 24.3 Å². The molecule has 0 aromatic heterocycles. The van der Waals surface area contributed by atoms with Gasteiger partial charge in [0.05, 0.1) is 11.6 Å². The summed E-state index contributed by atoms with van der Waals surface area (Å²) in [5, 5.41) is 11.3. The van der Waals surface area contributed by atoms with Crippen LogP contribution in [0.2, 0.25) is 0 Å². The molecular weight excluding hydrogens is 260 g/mol. The van der Waals surface area contributed by atoms with Crippen molar-refractivity contribution in [3.05, 3.63) is 29.8 Å². The average Bonchev–Trinajstić information content (AvgIpc) is 2.99. The number of carbonyl (C=O) groups excluding carboxylic acids is 2. The quantitative estimate of drug-likeness (QED) is 0.834. The van der Waals surface area contributed by atoms with Crippen molar-refractivity contribution in [3.8, 4) is 6.07 Å². The van der Waals surface area contributed by atoms with Crippen molar-refractivity contribution in [2.24, 2.45) is 0 Å². The number of amides is 1. The molecule has 0 bridgehead atoms. The summed E-state index contributed by atoms with van der Waals surface area (Å²) in [6.07, 6.45) is 0.905. The van der Waals surface area contributed by atoms with E-state index in [0.717, 1.165) is 6.42 Å². The van der Waals surface area contributed by atoms with Gasteiger partial charge in [0.25, 0.3) is 5.91 Å². The minimum Gasteiger partial charge on any atom is -0.454 e. The van der Waals surface area contributed by atoms with E-state index in [1.165, 1.54) is 0 Å². The number of nitrogens with one attached hydrogen (secondary N) is 1. The van der Waals surface area contributed by atoms with Crippen molar-refractivity contribution in [2.45, 2.75) is 18.9 Å². The Morgan fingerprint density at radius 1 is 1.50 bits per heavy atom. The molecule has 1 saturated heterocycles. The zero-order valence-electron chi connectivity index (χ0n) is 10.8. The Balaban J connectivity index is 1.80. The van der Waals surface area contributed by atoms with E-state index in [9.17, 15) is 9.59 Å². The summed E-state index contributed by atoms with van der Waals surface area (Å²) in [6, 6.07) is 8.46. The molecule has 104 valence electrons. The van der Waals surface area contributed by atoms with Gasteiger partial charge >= 0.3 is 5.97 Å². The minimum atomic E-state index is -0.551. The fourth-order valence-corrected chi connectivity index (χ4v) is 1.86. The molecule has 0 saturated carbocycles. The highest BCUT2D eigenvalue weighted by atomic mass is 16.6. The SMILES string of the molecule is N#Cc1cccc(NC(=O)COC(=O)[C@H]2CCCO2)c1. The first-order valence-corrected chi connectivity index (χ1v) is 6.27. The largest absolute Gasteiger partial charge is 0.454 e. The van der Waals surface area contributed by atoms with Gasteiger partial charge in [-0.05, 0) is 31.0 Å². The number of anilines is 1. The highest BCUT2D eigenvalue weighted by molar-refractivity contribution is 5.93. The molecule has 6 nitrogen and oxygen atoms in total. The molecule has 0 aliphatic carbocycles. The molecule has 1 aliphatic heterocycles. The van der Waals surface area contributed by atoms with Gasteiger partial charge in [0.15, 0.2) is 12.7 Å². The summed E-state index contributed by atoms with van der Waals surface area (Å²) in [5.74, 6) is -0.963. The maximum Gasteiger partial charge on any atom is 0.335 e. The topological polar surface area (TPSA) is 88.4 Å². The van der Waals surface area contributed by atoms with Crippen LogP contribution in [0.4, 0.5) is 5.69 Å². The lowest BCUT2D eigenvalue weighted by atomic mass is 10.2. The van der Waals surface area contributed by atoms with E-state index in [-0.39, 0.29) is 6.61 Å². The zero-order chi connectivity index (χ0) is 14.4. The van der Waals surface area contributed by atoms with Crippen LogP contribution in [0.25, 0.3) is 0 Å². The molecule has 0 unspecified atom stereocenters. The van der Waals surface area contributed by atoms with E-state index >= 15 is 0 Å². The zero-order valence-corrected chi connectivity index (χ0v) is 10.8. The third-order valence-corrected chi connectivity index (χ3v) is 2.81. The van der Waals surface area contributed by atoms with Gasteiger partial charge in [-0.15, -0.1) is 0 Å². The first kappa shape index (κ1) is 14.0. The number of esters is 1. The molecule has 0 spiro atoms. The van der Waals surface area contributed by atoms with E-state index in [2.05, 4.69) is 5.32 Å². The van der Waals surface area contributed by atoms with Crippen LogP contribution in [-0.2, 0) is 19.1 Å². The van der Waals surface area contributed by atoms with E-state index in [0.29, 0.717) is 24.3 Å². The number of carbonyl (C=O) groups is 2. The third kappa shape index (κ3) is 3.80. The second-order valence-corrected chi connectivity index (χ2v) is 4.35. The van der Waals surface area contributed by atoms with Crippen molar-refractivity contribution in [1.82, 2.24) is 0 Å². The average molecular weight is 274 g/mol. The fraction of sp³-hybridized carbons (Fsp3) is 0.357. The van der Waals surface area contributed by atoms with E-state index in [4.69, 9.17) is 14.7 Å². The highest BCUT2D eigenvalue weighted by Crippen LogP contribution is 2.13. The predicted molar refractivity (Wildman–Crippen MR) is 69.7 cm³/mol. The molecule has 1 atom stereocenters. The normalized spacial score (nSPS) is 17.2. The maximum atomic E-state index is 11.6. The summed E-state index contributed by atoms with van der Waals surface area (Å²) in [4.78, 5) is 23.2. The first-order valence-electron chi connectivity index (χ1n) is 6.27. The smallest absolute Gasteiger partial charge is 0.335 e. The minimum absolute atomic E-state index is 0.366. The first-order chi connectivity index (χ1) is 9.69. The molecule has 1 heterocycles. The number of hydrogen-bond acceptors (Lipinski definition) is 5. The van der Waals surface area contributed by atoms with Crippen LogP contribution in [-0.4, -0.2) is 31.2 Å². The van der Waals surface area contributed by atoms with Gasteiger partial charge in [0.1, 0.15) is 0 Å². The summed E-state index contributed by atoms with van der Waals surface area (Å²) in [5.41, 5.74) is 0.932. The molecule has 1 aromatic carbocycles. The number of ether oxygens (including phenoxy) is 2. The van der Waals surface area contributed by atoms with Crippen molar-refractivity contribution < 1.29 is 19.1 Å². The third-order valence-electron chi connectivity index (χ3n) is 2.81. The van der Waals surface area contributed by atoms with Crippen LogP contribution in [0.5, 0.6) is 0 Å². The van der Waals surface area contributed by atoms with Crippen LogP contribution >= 0.6 is 0 Å². The molecule has 1 aromatic rings. The number of nitriles is 1. The lowest BCUT2D eigenvalue weighted by molar-refractivity contribution is -0.156. The maximum absolute atomic E-state index is 11.6.